The van der Waals surface area contributed by atoms with Gasteiger partial charge in [-0.05, 0) is 35.9 Å². The summed E-state index contributed by atoms with van der Waals surface area (Å²) < 4.78 is 16.7. The lowest BCUT2D eigenvalue weighted by Gasteiger charge is -2.11. The van der Waals surface area contributed by atoms with Gasteiger partial charge in [0.25, 0.3) is 0 Å². The number of para-hydroxylation sites is 1. The summed E-state index contributed by atoms with van der Waals surface area (Å²) >= 11 is 6.07. The van der Waals surface area contributed by atoms with Gasteiger partial charge in [0, 0.05) is 18.4 Å². The molecule has 4 aromatic rings. The third-order valence-electron chi connectivity index (χ3n) is 4.84. The summed E-state index contributed by atoms with van der Waals surface area (Å²) in [5, 5.41) is 7.28. The van der Waals surface area contributed by atoms with E-state index in [4.69, 9.17) is 25.6 Å². The van der Waals surface area contributed by atoms with Crippen molar-refractivity contribution in [3.63, 3.8) is 0 Å². The van der Waals surface area contributed by atoms with E-state index in [0.717, 1.165) is 11.1 Å². The molecule has 1 heterocycles. The minimum Gasteiger partial charge on any atom is -0.493 e. The van der Waals surface area contributed by atoms with Crippen molar-refractivity contribution in [2.45, 2.75) is 19.4 Å². The number of ether oxygens (including phenoxy) is 2. The minimum absolute atomic E-state index is 0.183. The Balaban J connectivity index is 1.37. The van der Waals surface area contributed by atoms with Crippen LogP contribution in [-0.4, -0.2) is 23.2 Å². The second-order valence-electron chi connectivity index (χ2n) is 7.18. The largest absolute Gasteiger partial charge is 0.493 e. The molecule has 1 N–H and O–H groups in total. The number of hydrogen-bond donors (Lipinski definition) is 1. The fraction of sp³-hybridized carbons (Fsp3) is 0.160. The van der Waals surface area contributed by atoms with Crippen LogP contribution in [0.4, 0.5) is 5.69 Å². The summed E-state index contributed by atoms with van der Waals surface area (Å²) in [4.78, 5) is 16.6. The number of carbonyl (C=O) groups is 1. The van der Waals surface area contributed by atoms with Gasteiger partial charge in [0.05, 0.1) is 17.8 Å². The maximum absolute atomic E-state index is 12.2. The SMILES string of the molecule is COc1cc(-c2noc(CCC(=O)Nc3ccccc3Cl)n2)ccc1OCc1ccccc1. The molecule has 0 saturated carbocycles. The number of rotatable bonds is 9. The number of aromatic nitrogens is 2. The lowest BCUT2D eigenvalue weighted by atomic mass is 10.2. The van der Waals surface area contributed by atoms with Gasteiger partial charge in [0.2, 0.25) is 17.6 Å². The van der Waals surface area contributed by atoms with Crippen molar-refractivity contribution in [1.82, 2.24) is 10.1 Å². The monoisotopic (exact) mass is 463 g/mol. The van der Waals surface area contributed by atoms with E-state index in [1.807, 2.05) is 42.5 Å². The van der Waals surface area contributed by atoms with Crippen LogP contribution in [0.15, 0.2) is 77.3 Å². The average Bonchev–Trinajstić information content (AvgIpc) is 3.32. The maximum Gasteiger partial charge on any atom is 0.227 e. The third kappa shape index (κ3) is 5.90. The molecule has 7 nitrogen and oxygen atoms in total. The summed E-state index contributed by atoms with van der Waals surface area (Å²) in [5.74, 6) is 1.76. The summed E-state index contributed by atoms with van der Waals surface area (Å²) in [6, 6.07) is 22.4. The molecule has 0 fully saturated rings. The fourth-order valence-electron chi connectivity index (χ4n) is 3.13. The summed E-state index contributed by atoms with van der Waals surface area (Å²) in [5.41, 5.74) is 2.34. The van der Waals surface area contributed by atoms with E-state index in [9.17, 15) is 4.79 Å². The van der Waals surface area contributed by atoms with Gasteiger partial charge in [0.1, 0.15) is 6.61 Å². The van der Waals surface area contributed by atoms with Gasteiger partial charge >= 0.3 is 0 Å². The van der Waals surface area contributed by atoms with E-state index in [2.05, 4.69) is 15.5 Å². The summed E-state index contributed by atoms with van der Waals surface area (Å²) in [6.07, 6.45) is 0.487. The Morgan fingerprint density at radius 1 is 1.03 bits per heavy atom. The Bertz CT molecular complexity index is 1230. The quantitative estimate of drug-likeness (QED) is 0.350. The van der Waals surface area contributed by atoms with Crippen molar-refractivity contribution >= 4 is 23.2 Å². The highest BCUT2D eigenvalue weighted by atomic mass is 35.5. The lowest BCUT2D eigenvalue weighted by molar-refractivity contribution is -0.116. The first kappa shape index (κ1) is 22.4. The Labute approximate surface area is 196 Å². The molecule has 168 valence electrons. The molecule has 0 aliphatic carbocycles. The van der Waals surface area contributed by atoms with Crippen molar-refractivity contribution in [3.05, 3.63) is 89.3 Å². The highest BCUT2D eigenvalue weighted by molar-refractivity contribution is 6.33. The van der Waals surface area contributed by atoms with Crippen molar-refractivity contribution < 1.29 is 18.8 Å². The molecule has 0 atom stereocenters. The predicted octanol–water partition coefficient (Wildman–Crippen LogP) is 5.55. The third-order valence-corrected chi connectivity index (χ3v) is 5.17. The van der Waals surface area contributed by atoms with E-state index >= 15 is 0 Å². The number of hydrogen-bond acceptors (Lipinski definition) is 6. The van der Waals surface area contributed by atoms with Crippen molar-refractivity contribution in [2.75, 3.05) is 12.4 Å². The minimum atomic E-state index is -0.190. The number of anilines is 1. The number of aryl methyl sites for hydroxylation is 1. The first-order valence-corrected chi connectivity index (χ1v) is 10.7. The molecule has 0 spiro atoms. The molecule has 0 bridgehead atoms. The van der Waals surface area contributed by atoms with Crippen molar-refractivity contribution in [2.24, 2.45) is 0 Å². The Kier molecular flexibility index (Phi) is 7.22. The second kappa shape index (κ2) is 10.7. The van der Waals surface area contributed by atoms with Crippen LogP contribution in [0.2, 0.25) is 5.02 Å². The van der Waals surface area contributed by atoms with Crippen LogP contribution in [0.5, 0.6) is 11.5 Å². The van der Waals surface area contributed by atoms with E-state index in [1.54, 1.807) is 37.4 Å². The molecule has 0 saturated heterocycles. The fourth-order valence-corrected chi connectivity index (χ4v) is 3.31. The lowest BCUT2D eigenvalue weighted by Crippen LogP contribution is -2.12. The highest BCUT2D eigenvalue weighted by Gasteiger charge is 2.14. The van der Waals surface area contributed by atoms with Crippen LogP contribution in [0, 0.1) is 0 Å². The highest BCUT2D eigenvalue weighted by Crippen LogP contribution is 2.32. The standard InChI is InChI=1S/C25H22ClN3O4/c1-31-22-15-18(11-12-21(22)32-16-17-7-3-2-4-8-17)25-28-24(33-29-25)14-13-23(30)27-20-10-6-5-9-19(20)26/h2-12,15H,13-14,16H2,1H3,(H,27,30). The van der Waals surface area contributed by atoms with Crippen LogP contribution in [0.3, 0.4) is 0 Å². The molecule has 1 aromatic heterocycles. The van der Waals surface area contributed by atoms with E-state index in [-0.39, 0.29) is 12.3 Å². The number of nitrogens with one attached hydrogen (secondary N) is 1. The molecule has 0 aliphatic heterocycles. The molecule has 0 unspecified atom stereocenters. The molecule has 0 radical (unpaired) electrons. The number of carbonyl (C=O) groups excluding carboxylic acids is 1. The first-order chi connectivity index (χ1) is 16.1. The zero-order valence-electron chi connectivity index (χ0n) is 18.0. The van der Waals surface area contributed by atoms with Gasteiger partial charge < -0.3 is 19.3 Å². The van der Waals surface area contributed by atoms with Crippen LogP contribution in [-0.2, 0) is 17.8 Å². The number of amides is 1. The predicted molar refractivity (Wildman–Crippen MR) is 125 cm³/mol. The van der Waals surface area contributed by atoms with Gasteiger partial charge in [-0.2, -0.15) is 4.98 Å². The Hall–Kier alpha value is -3.84. The van der Waals surface area contributed by atoms with Crippen molar-refractivity contribution in [1.29, 1.82) is 0 Å². The van der Waals surface area contributed by atoms with Gasteiger partial charge in [-0.15, -0.1) is 0 Å². The van der Waals surface area contributed by atoms with Crippen LogP contribution in [0.1, 0.15) is 17.9 Å². The normalized spacial score (nSPS) is 10.6. The molecule has 33 heavy (non-hydrogen) atoms. The summed E-state index contributed by atoms with van der Waals surface area (Å²) in [7, 11) is 1.58. The first-order valence-electron chi connectivity index (χ1n) is 10.3. The molecular weight excluding hydrogens is 442 g/mol. The van der Waals surface area contributed by atoms with Crippen LogP contribution >= 0.6 is 11.6 Å². The van der Waals surface area contributed by atoms with Gasteiger partial charge in [-0.25, -0.2) is 0 Å². The topological polar surface area (TPSA) is 86.5 Å². The van der Waals surface area contributed by atoms with Crippen LogP contribution < -0.4 is 14.8 Å². The molecule has 8 heteroatoms. The van der Waals surface area contributed by atoms with Crippen LogP contribution in [0.25, 0.3) is 11.4 Å². The van der Waals surface area contributed by atoms with Gasteiger partial charge in [-0.3, -0.25) is 4.79 Å². The molecule has 3 aromatic carbocycles. The molecule has 0 aliphatic rings. The Morgan fingerprint density at radius 2 is 1.82 bits per heavy atom. The number of nitrogens with zero attached hydrogens (tertiary/aromatic N) is 2. The van der Waals surface area contributed by atoms with Gasteiger partial charge in [-0.1, -0.05) is 59.2 Å². The second-order valence-corrected chi connectivity index (χ2v) is 7.59. The maximum atomic E-state index is 12.2. The van der Waals surface area contributed by atoms with E-state index in [1.165, 1.54) is 0 Å². The Morgan fingerprint density at radius 3 is 2.61 bits per heavy atom. The molecular formula is C25H22ClN3O4. The molecule has 4 rings (SSSR count). The summed E-state index contributed by atoms with van der Waals surface area (Å²) in [6.45, 7) is 0.430. The zero-order valence-corrected chi connectivity index (χ0v) is 18.7. The average molecular weight is 464 g/mol. The van der Waals surface area contributed by atoms with E-state index < -0.39 is 0 Å². The zero-order chi connectivity index (χ0) is 23.0. The molecule has 1 amide bonds. The smallest absolute Gasteiger partial charge is 0.227 e. The van der Waals surface area contributed by atoms with Gasteiger partial charge in [0.15, 0.2) is 11.5 Å². The van der Waals surface area contributed by atoms with Crippen molar-refractivity contribution in [3.8, 4) is 22.9 Å². The number of benzene rings is 3. The number of halogens is 1. The van der Waals surface area contributed by atoms with E-state index in [0.29, 0.717) is 47.0 Å². The number of methoxy groups -OCH3 is 1.